The fourth-order valence-corrected chi connectivity index (χ4v) is 3.61. The van der Waals surface area contributed by atoms with Crippen LogP contribution in [-0.4, -0.2) is 10.6 Å². The van der Waals surface area contributed by atoms with E-state index >= 15 is 0 Å². The highest BCUT2D eigenvalue weighted by molar-refractivity contribution is 9.10. The van der Waals surface area contributed by atoms with Crippen LogP contribution in [0.2, 0.25) is 0 Å². The Morgan fingerprint density at radius 3 is 2.91 bits per heavy atom. The predicted molar refractivity (Wildman–Crippen MR) is 91.1 cm³/mol. The Morgan fingerprint density at radius 2 is 2.22 bits per heavy atom. The fourth-order valence-electron chi connectivity index (χ4n) is 3.19. The van der Waals surface area contributed by atoms with Gasteiger partial charge < -0.3 is 10.5 Å². The molecule has 0 spiro atoms. The molecule has 1 atom stereocenters. The van der Waals surface area contributed by atoms with Gasteiger partial charge in [0.15, 0.2) is 5.78 Å². The highest BCUT2D eigenvalue weighted by Crippen LogP contribution is 2.45. The first kappa shape index (κ1) is 16.1. The van der Waals surface area contributed by atoms with Crippen molar-refractivity contribution in [3.05, 3.63) is 46.1 Å². The molecule has 1 unspecified atom stereocenters. The monoisotopic (exact) mass is 374 g/mol. The zero-order chi connectivity index (χ0) is 16.8. The molecule has 0 saturated heterocycles. The van der Waals surface area contributed by atoms with Crippen molar-refractivity contribution in [3.63, 3.8) is 0 Å². The van der Waals surface area contributed by atoms with Crippen molar-refractivity contribution < 1.29 is 9.53 Å². The number of ketones is 1. The zero-order valence-corrected chi connectivity index (χ0v) is 14.9. The van der Waals surface area contributed by atoms with Crippen LogP contribution in [0, 0.1) is 16.7 Å². The molecule has 23 heavy (non-hydrogen) atoms. The Kier molecular flexibility index (Phi) is 3.97. The highest BCUT2D eigenvalue weighted by Gasteiger charge is 2.34. The van der Waals surface area contributed by atoms with Gasteiger partial charge in [-0.2, -0.15) is 5.26 Å². The summed E-state index contributed by atoms with van der Waals surface area (Å²) in [7, 11) is 0. The van der Waals surface area contributed by atoms with Gasteiger partial charge in [0.05, 0.1) is 16.5 Å². The maximum absolute atomic E-state index is 12.0. The average Bonchev–Trinajstić information content (AvgIpc) is 2.49. The van der Waals surface area contributed by atoms with Crippen molar-refractivity contribution in [2.45, 2.75) is 44.4 Å². The number of ether oxygens (including phenoxy) is 1. The predicted octanol–water partition coefficient (Wildman–Crippen LogP) is 3.76. The third kappa shape index (κ3) is 3.00. The molecule has 3 rings (SSSR count). The topological polar surface area (TPSA) is 76.1 Å². The molecule has 0 saturated carbocycles. The summed E-state index contributed by atoms with van der Waals surface area (Å²) in [6, 6.07) is 2.23. The average molecular weight is 375 g/mol. The van der Waals surface area contributed by atoms with E-state index in [1.165, 1.54) is 11.6 Å². The number of alkyl halides is 1. The number of nitrogens with zero attached hydrogens (tertiary/aromatic N) is 1. The van der Waals surface area contributed by atoms with Gasteiger partial charge in [-0.3, -0.25) is 4.79 Å². The molecule has 0 amide bonds. The van der Waals surface area contributed by atoms with E-state index in [4.69, 9.17) is 10.5 Å². The van der Waals surface area contributed by atoms with E-state index in [9.17, 15) is 10.1 Å². The number of hydrogen-bond acceptors (Lipinski definition) is 4. The van der Waals surface area contributed by atoms with E-state index in [0.29, 0.717) is 29.0 Å². The van der Waals surface area contributed by atoms with Gasteiger partial charge in [0, 0.05) is 24.1 Å². The van der Waals surface area contributed by atoms with Crippen molar-refractivity contribution in [1.29, 1.82) is 5.26 Å². The van der Waals surface area contributed by atoms with E-state index in [-0.39, 0.29) is 11.2 Å². The summed E-state index contributed by atoms with van der Waals surface area (Å²) in [4.78, 5) is 11.6. The third-order valence-electron chi connectivity index (χ3n) is 4.60. The number of nitriles is 1. The molecule has 0 bridgehead atoms. The minimum atomic E-state index is -0.413. The molecule has 2 aliphatic carbocycles. The standard InChI is InChI=1S/C18H19BrN2O2/c1-18(2)4-3-10-5-11(9-20)17(23-16(10)8-18)12-6-15(22)13(19)7-14(12)21/h6-7,13H,3-5,8,21H2,1-2H3. The highest BCUT2D eigenvalue weighted by atomic mass is 79.9. The van der Waals surface area contributed by atoms with Gasteiger partial charge in [-0.15, -0.1) is 0 Å². The summed E-state index contributed by atoms with van der Waals surface area (Å²) in [5, 5.41) is 9.50. The van der Waals surface area contributed by atoms with Gasteiger partial charge in [-0.05, 0) is 36.0 Å². The van der Waals surface area contributed by atoms with E-state index in [1.54, 1.807) is 6.08 Å². The van der Waals surface area contributed by atoms with Gasteiger partial charge in [-0.25, -0.2) is 0 Å². The molecule has 4 nitrogen and oxygen atoms in total. The van der Waals surface area contributed by atoms with E-state index in [0.717, 1.165) is 25.0 Å². The molecule has 120 valence electrons. The van der Waals surface area contributed by atoms with Crippen LogP contribution in [0.25, 0.3) is 0 Å². The van der Waals surface area contributed by atoms with Gasteiger partial charge in [0.25, 0.3) is 0 Å². The summed E-state index contributed by atoms with van der Waals surface area (Å²) in [6.07, 6.45) is 6.61. The molecule has 2 N–H and O–H groups in total. The Balaban J connectivity index is 1.98. The summed E-state index contributed by atoms with van der Waals surface area (Å²) in [5.74, 6) is 1.30. The smallest absolute Gasteiger partial charge is 0.173 e. The summed E-state index contributed by atoms with van der Waals surface area (Å²) < 4.78 is 6.10. The van der Waals surface area contributed by atoms with Crippen LogP contribution in [0.3, 0.4) is 0 Å². The lowest BCUT2D eigenvalue weighted by atomic mass is 9.75. The maximum Gasteiger partial charge on any atom is 0.173 e. The molecule has 5 heteroatoms. The molecule has 0 aromatic carbocycles. The largest absolute Gasteiger partial charge is 0.460 e. The quantitative estimate of drug-likeness (QED) is 0.708. The Hall–Kier alpha value is -1.80. The molecule has 0 fully saturated rings. The molecule has 0 aromatic rings. The van der Waals surface area contributed by atoms with E-state index in [2.05, 4.69) is 35.8 Å². The van der Waals surface area contributed by atoms with E-state index < -0.39 is 4.83 Å². The lowest BCUT2D eigenvalue weighted by Gasteiger charge is -2.36. The number of rotatable bonds is 1. The number of carbonyl (C=O) groups excluding carboxylic acids is 1. The first-order chi connectivity index (χ1) is 10.8. The van der Waals surface area contributed by atoms with Crippen LogP contribution >= 0.6 is 15.9 Å². The number of carbonyl (C=O) groups is 1. The van der Waals surface area contributed by atoms with Crippen LogP contribution in [0.1, 0.15) is 39.5 Å². The molecule has 1 aliphatic heterocycles. The summed E-state index contributed by atoms with van der Waals surface area (Å²) in [5.41, 5.74) is 9.00. The second-order valence-corrected chi connectivity index (χ2v) is 8.04. The Bertz CT molecular complexity index is 747. The number of allylic oxidation sites excluding steroid dienone is 5. The first-order valence-electron chi connectivity index (χ1n) is 7.70. The van der Waals surface area contributed by atoms with Crippen LogP contribution < -0.4 is 5.73 Å². The Labute approximate surface area is 144 Å². The van der Waals surface area contributed by atoms with E-state index in [1.807, 2.05) is 0 Å². The van der Waals surface area contributed by atoms with Crippen molar-refractivity contribution in [2.75, 3.05) is 0 Å². The van der Waals surface area contributed by atoms with Crippen LogP contribution in [0.15, 0.2) is 46.1 Å². The molecular formula is C18H19BrN2O2. The van der Waals surface area contributed by atoms with Crippen molar-refractivity contribution in [1.82, 2.24) is 0 Å². The molecule has 1 heterocycles. The molecule has 0 aromatic heterocycles. The number of nitrogens with two attached hydrogens (primary N) is 1. The van der Waals surface area contributed by atoms with Crippen LogP contribution in [-0.2, 0) is 9.53 Å². The summed E-state index contributed by atoms with van der Waals surface area (Å²) >= 11 is 3.27. The summed E-state index contributed by atoms with van der Waals surface area (Å²) in [6.45, 7) is 4.44. The number of halogens is 1. The van der Waals surface area contributed by atoms with Crippen LogP contribution in [0.4, 0.5) is 0 Å². The molecule has 3 aliphatic rings. The Morgan fingerprint density at radius 1 is 1.48 bits per heavy atom. The fraction of sp³-hybridized carbons (Fsp3) is 0.444. The van der Waals surface area contributed by atoms with Gasteiger partial charge >= 0.3 is 0 Å². The normalized spacial score (nSPS) is 26.9. The third-order valence-corrected chi connectivity index (χ3v) is 5.32. The number of hydrogen-bond donors (Lipinski definition) is 1. The van der Waals surface area contributed by atoms with Crippen molar-refractivity contribution in [3.8, 4) is 6.07 Å². The minimum absolute atomic E-state index is 0.0914. The van der Waals surface area contributed by atoms with Crippen molar-refractivity contribution in [2.24, 2.45) is 11.1 Å². The zero-order valence-electron chi connectivity index (χ0n) is 13.3. The van der Waals surface area contributed by atoms with Crippen molar-refractivity contribution >= 4 is 21.7 Å². The first-order valence-corrected chi connectivity index (χ1v) is 8.62. The molecular weight excluding hydrogens is 356 g/mol. The minimum Gasteiger partial charge on any atom is -0.460 e. The van der Waals surface area contributed by atoms with Gasteiger partial charge in [0.1, 0.15) is 11.5 Å². The SMILES string of the molecule is CC1(C)CCC2=C(C1)OC(C1=CC(=O)C(Br)C=C1N)=C(C#N)C2. The van der Waals surface area contributed by atoms with Gasteiger partial charge in [0.2, 0.25) is 0 Å². The molecule has 0 radical (unpaired) electrons. The lowest BCUT2D eigenvalue weighted by molar-refractivity contribution is -0.113. The van der Waals surface area contributed by atoms with Crippen LogP contribution in [0.5, 0.6) is 0 Å². The van der Waals surface area contributed by atoms with Gasteiger partial charge in [-0.1, -0.05) is 29.8 Å². The lowest BCUT2D eigenvalue weighted by Crippen LogP contribution is -2.25. The second-order valence-electron chi connectivity index (χ2n) is 7.05. The second kappa shape index (κ2) is 5.68. The maximum atomic E-state index is 12.0.